The molecule has 0 unspecified atom stereocenters. The molecule has 3 aromatic heterocycles. The summed E-state index contributed by atoms with van der Waals surface area (Å²) in [5.74, 6) is 1.00. The molecule has 29 heavy (non-hydrogen) atoms. The minimum absolute atomic E-state index is 0.165. The third kappa shape index (κ3) is 4.01. The van der Waals surface area contributed by atoms with Crippen molar-refractivity contribution in [2.24, 2.45) is 0 Å². The van der Waals surface area contributed by atoms with Crippen molar-refractivity contribution in [1.82, 2.24) is 19.5 Å². The Hall–Kier alpha value is -3.94. The lowest BCUT2D eigenvalue weighted by atomic mass is 10.2. The number of benzene rings is 1. The number of aromatic nitrogens is 4. The lowest BCUT2D eigenvalue weighted by molar-refractivity contribution is -0.137. The summed E-state index contributed by atoms with van der Waals surface area (Å²) >= 11 is 0. The molecule has 3 heterocycles. The van der Waals surface area contributed by atoms with Crippen LogP contribution in [0.15, 0.2) is 55.1 Å². The standard InChI is InChI=1S/C21H19N5O3/c1-13-9-15(4-6-18(13)29-16-5-3-14(2)22-10-16)25-21-20-17(23-12-24-21)7-8-26(20)11-19(27)28/h3-10,12H,11H2,1-2H3,(H,27,28)(H,23,24,25). The molecular formula is C21H19N5O3. The van der Waals surface area contributed by atoms with Gasteiger partial charge < -0.3 is 19.7 Å². The molecule has 4 rings (SSSR count). The number of fused-ring (bicyclic) bond motifs is 1. The highest BCUT2D eigenvalue weighted by molar-refractivity contribution is 5.89. The fraction of sp³-hybridized carbons (Fsp3) is 0.143. The lowest BCUT2D eigenvalue weighted by Gasteiger charge is -2.12. The number of nitrogens with zero attached hydrogens (tertiary/aromatic N) is 4. The highest BCUT2D eigenvalue weighted by atomic mass is 16.5. The number of ether oxygens (including phenoxy) is 1. The van der Waals surface area contributed by atoms with E-state index in [0.717, 1.165) is 22.7 Å². The SMILES string of the molecule is Cc1ccc(Oc2ccc(Nc3ncnc4ccn(CC(=O)O)c34)cc2C)cn1. The van der Waals surface area contributed by atoms with Gasteiger partial charge in [0, 0.05) is 17.6 Å². The number of rotatable bonds is 6. The number of carbonyl (C=O) groups is 1. The van der Waals surface area contributed by atoms with Crippen LogP contribution in [0, 0.1) is 13.8 Å². The smallest absolute Gasteiger partial charge is 0.323 e. The molecule has 0 aliphatic carbocycles. The number of hydrogen-bond donors (Lipinski definition) is 2. The lowest BCUT2D eigenvalue weighted by Crippen LogP contribution is -2.09. The molecule has 0 saturated heterocycles. The van der Waals surface area contributed by atoms with Gasteiger partial charge in [0.15, 0.2) is 5.82 Å². The van der Waals surface area contributed by atoms with E-state index in [1.54, 1.807) is 23.0 Å². The second-order valence-electron chi connectivity index (χ2n) is 6.64. The van der Waals surface area contributed by atoms with Gasteiger partial charge in [0.05, 0.1) is 11.7 Å². The molecule has 4 aromatic rings. The van der Waals surface area contributed by atoms with Crippen molar-refractivity contribution >= 4 is 28.5 Å². The summed E-state index contributed by atoms with van der Waals surface area (Å²) in [4.78, 5) is 23.9. The zero-order valence-electron chi connectivity index (χ0n) is 16.0. The monoisotopic (exact) mass is 389 g/mol. The van der Waals surface area contributed by atoms with Gasteiger partial charge in [-0.15, -0.1) is 0 Å². The molecule has 0 amide bonds. The van der Waals surface area contributed by atoms with Crippen molar-refractivity contribution in [3.8, 4) is 11.5 Å². The fourth-order valence-electron chi connectivity index (χ4n) is 3.02. The summed E-state index contributed by atoms with van der Waals surface area (Å²) in [6.45, 7) is 3.71. The summed E-state index contributed by atoms with van der Waals surface area (Å²) in [7, 11) is 0. The summed E-state index contributed by atoms with van der Waals surface area (Å²) in [6.07, 6.45) is 4.83. The summed E-state index contributed by atoms with van der Waals surface area (Å²) in [5.41, 5.74) is 3.98. The third-order valence-electron chi connectivity index (χ3n) is 4.41. The first-order chi connectivity index (χ1) is 14.0. The second-order valence-corrected chi connectivity index (χ2v) is 6.64. The number of aliphatic carboxylic acids is 1. The Morgan fingerprint density at radius 3 is 2.72 bits per heavy atom. The average Bonchev–Trinajstić information content (AvgIpc) is 3.09. The molecule has 2 N–H and O–H groups in total. The molecule has 0 radical (unpaired) electrons. The van der Waals surface area contributed by atoms with Gasteiger partial charge in [-0.05, 0) is 55.8 Å². The average molecular weight is 389 g/mol. The Balaban J connectivity index is 1.60. The van der Waals surface area contributed by atoms with E-state index in [9.17, 15) is 4.79 Å². The van der Waals surface area contributed by atoms with Gasteiger partial charge in [0.25, 0.3) is 0 Å². The van der Waals surface area contributed by atoms with Crippen molar-refractivity contribution in [3.63, 3.8) is 0 Å². The van der Waals surface area contributed by atoms with Crippen LogP contribution in [0.3, 0.4) is 0 Å². The maximum Gasteiger partial charge on any atom is 0.323 e. The number of carboxylic acid groups (broad SMARTS) is 1. The maximum atomic E-state index is 11.1. The zero-order valence-corrected chi connectivity index (χ0v) is 16.0. The number of carboxylic acids is 1. The van der Waals surface area contributed by atoms with Gasteiger partial charge in [0.1, 0.15) is 29.9 Å². The largest absolute Gasteiger partial charge is 0.480 e. The quantitative estimate of drug-likeness (QED) is 0.512. The third-order valence-corrected chi connectivity index (χ3v) is 4.41. The Morgan fingerprint density at radius 1 is 1.14 bits per heavy atom. The van der Waals surface area contributed by atoms with E-state index in [4.69, 9.17) is 9.84 Å². The van der Waals surface area contributed by atoms with Crippen LogP contribution in [0.2, 0.25) is 0 Å². The molecule has 8 heteroatoms. The van der Waals surface area contributed by atoms with Gasteiger partial charge >= 0.3 is 5.97 Å². The van der Waals surface area contributed by atoms with Crippen molar-refractivity contribution in [2.75, 3.05) is 5.32 Å². The molecule has 8 nitrogen and oxygen atoms in total. The Bertz CT molecular complexity index is 1180. The molecule has 1 aromatic carbocycles. The highest BCUT2D eigenvalue weighted by Crippen LogP contribution is 2.29. The first-order valence-corrected chi connectivity index (χ1v) is 8.99. The Morgan fingerprint density at radius 2 is 2.00 bits per heavy atom. The predicted molar refractivity (Wildman–Crippen MR) is 109 cm³/mol. The second kappa shape index (κ2) is 7.59. The highest BCUT2D eigenvalue weighted by Gasteiger charge is 2.12. The molecule has 0 bridgehead atoms. The van der Waals surface area contributed by atoms with Crippen molar-refractivity contribution in [2.45, 2.75) is 20.4 Å². The van der Waals surface area contributed by atoms with E-state index in [0.29, 0.717) is 22.6 Å². The van der Waals surface area contributed by atoms with Crippen LogP contribution in [0.1, 0.15) is 11.3 Å². The topological polar surface area (TPSA) is 102 Å². The van der Waals surface area contributed by atoms with E-state index >= 15 is 0 Å². The summed E-state index contributed by atoms with van der Waals surface area (Å²) in [5, 5.41) is 12.4. The number of pyridine rings is 1. The van der Waals surface area contributed by atoms with Gasteiger partial charge in [-0.25, -0.2) is 9.97 Å². The van der Waals surface area contributed by atoms with Crippen molar-refractivity contribution in [1.29, 1.82) is 0 Å². The number of aryl methyl sites for hydroxylation is 2. The number of hydrogen-bond acceptors (Lipinski definition) is 6. The Kier molecular flexibility index (Phi) is 4.82. The van der Waals surface area contributed by atoms with Crippen molar-refractivity contribution in [3.05, 3.63) is 66.4 Å². The van der Waals surface area contributed by atoms with E-state index in [-0.39, 0.29) is 6.54 Å². The van der Waals surface area contributed by atoms with Crippen LogP contribution in [-0.2, 0) is 11.3 Å². The first-order valence-electron chi connectivity index (χ1n) is 8.99. The van der Waals surface area contributed by atoms with E-state index in [1.165, 1.54) is 6.33 Å². The number of anilines is 2. The van der Waals surface area contributed by atoms with Crippen LogP contribution in [0.5, 0.6) is 11.5 Å². The fourth-order valence-corrected chi connectivity index (χ4v) is 3.02. The first kappa shape index (κ1) is 18.4. The van der Waals surface area contributed by atoms with Gasteiger partial charge in [0.2, 0.25) is 0 Å². The van der Waals surface area contributed by atoms with E-state index in [2.05, 4.69) is 20.3 Å². The normalized spacial score (nSPS) is 10.8. The predicted octanol–water partition coefficient (Wildman–Crippen LogP) is 4.06. The van der Waals surface area contributed by atoms with Gasteiger partial charge in [-0.3, -0.25) is 9.78 Å². The van der Waals surface area contributed by atoms with Crippen LogP contribution in [0.25, 0.3) is 11.0 Å². The molecule has 0 spiro atoms. The molecule has 0 aliphatic heterocycles. The molecule has 0 saturated carbocycles. The summed E-state index contributed by atoms with van der Waals surface area (Å²) < 4.78 is 7.51. The maximum absolute atomic E-state index is 11.1. The van der Waals surface area contributed by atoms with Gasteiger partial charge in [-0.1, -0.05) is 0 Å². The minimum atomic E-state index is -0.930. The summed E-state index contributed by atoms with van der Waals surface area (Å²) in [6, 6.07) is 11.2. The number of nitrogens with one attached hydrogen (secondary N) is 1. The molecular weight excluding hydrogens is 370 g/mol. The van der Waals surface area contributed by atoms with Crippen LogP contribution in [-0.4, -0.2) is 30.6 Å². The molecule has 0 aliphatic rings. The van der Waals surface area contributed by atoms with Gasteiger partial charge in [-0.2, -0.15) is 0 Å². The molecule has 146 valence electrons. The van der Waals surface area contributed by atoms with Crippen LogP contribution < -0.4 is 10.1 Å². The van der Waals surface area contributed by atoms with Crippen LogP contribution >= 0.6 is 0 Å². The van der Waals surface area contributed by atoms with Crippen LogP contribution in [0.4, 0.5) is 11.5 Å². The minimum Gasteiger partial charge on any atom is -0.480 e. The Labute approximate surface area is 166 Å². The molecule has 0 atom stereocenters. The van der Waals surface area contributed by atoms with E-state index in [1.807, 2.05) is 44.2 Å². The van der Waals surface area contributed by atoms with E-state index < -0.39 is 5.97 Å². The molecule has 0 fully saturated rings. The van der Waals surface area contributed by atoms with Crippen molar-refractivity contribution < 1.29 is 14.6 Å². The zero-order chi connectivity index (χ0) is 20.4.